The van der Waals surface area contributed by atoms with Crippen LogP contribution in [0.3, 0.4) is 0 Å². The van der Waals surface area contributed by atoms with Crippen molar-refractivity contribution in [3.05, 3.63) is 57.0 Å². The lowest BCUT2D eigenvalue weighted by Gasteiger charge is -2.33. The predicted octanol–water partition coefficient (Wildman–Crippen LogP) is 5.00. The van der Waals surface area contributed by atoms with Gasteiger partial charge in [-0.25, -0.2) is 8.42 Å². The molecular formula is C25H32Cl3N3O5S. The summed E-state index contributed by atoms with van der Waals surface area (Å²) in [6.45, 7) is 5.56. The van der Waals surface area contributed by atoms with Gasteiger partial charge in [-0.05, 0) is 48.2 Å². The van der Waals surface area contributed by atoms with Gasteiger partial charge in [0.2, 0.25) is 21.8 Å². The number of amides is 2. The maximum Gasteiger partial charge on any atom is 0.244 e. The van der Waals surface area contributed by atoms with Crippen molar-refractivity contribution in [2.75, 3.05) is 30.8 Å². The Hall–Kier alpha value is -2.20. The molecule has 8 nitrogen and oxygen atoms in total. The molecule has 2 amide bonds. The Labute approximate surface area is 233 Å². The van der Waals surface area contributed by atoms with Crippen LogP contribution in [-0.4, -0.2) is 57.6 Å². The fraction of sp³-hybridized carbons (Fsp3) is 0.440. The monoisotopic (exact) mass is 591 g/mol. The van der Waals surface area contributed by atoms with Crippen LogP contribution in [0.5, 0.6) is 5.75 Å². The average molecular weight is 593 g/mol. The van der Waals surface area contributed by atoms with Gasteiger partial charge >= 0.3 is 0 Å². The molecule has 0 fully saturated rings. The first-order valence-electron chi connectivity index (χ1n) is 11.6. The number of hydrogen-bond acceptors (Lipinski definition) is 5. The maximum absolute atomic E-state index is 13.8. The van der Waals surface area contributed by atoms with E-state index < -0.39 is 28.5 Å². The number of hydrogen-bond donors (Lipinski definition) is 1. The molecule has 0 aromatic heterocycles. The third-order valence-corrected chi connectivity index (χ3v) is 7.60. The van der Waals surface area contributed by atoms with Gasteiger partial charge in [0.05, 0.1) is 29.1 Å². The summed E-state index contributed by atoms with van der Waals surface area (Å²) >= 11 is 18.4. The van der Waals surface area contributed by atoms with Crippen molar-refractivity contribution in [3.63, 3.8) is 0 Å². The lowest BCUT2D eigenvalue weighted by Crippen LogP contribution is -2.52. The summed E-state index contributed by atoms with van der Waals surface area (Å²) in [5.41, 5.74) is 0.738. The summed E-state index contributed by atoms with van der Waals surface area (Å²) < 4.78 is 31.8. The van der Waals surface area contributed by atoms with Crippen LogP contribution in [0.25, 0.3) is 0 Å². The fourth-order valence-electron chi connectivity index (χ4n) is 3.63. The molecule has 0 saturated carbocycles. The number of anilines is 1. The molecule has 0 unspecified atom stereocenters. The quantitative estimate of drug-likeness (QED) is 0.374. The summed E-state index contributed by atoms with van der Waals surface area (Å²) in [4.78, 5) is 28.2. The molecule has 1 N–H and O–H groups in total. The van der Waals surface area contributed by atoms with Gasteiger partial charge in [0.15, 0.2) is 0 Å². The van der Waals surface area contributed by atoms with Gasteiger partial charge < -0.3 is 15.0 Å². The highest BCUT2D eigenvalue weighted by Crippen LogP contribution is 2.33. The summed E-state index contributed by atoms with van der Waals surface area (Å²) in [6, 6.07) is 8.52. The zero-order valence-electron chi connectivity index (χ0n) is 21.4. The molecular weight excluding hydrogens is 561 g/mol. The van der Waals surface area contributed by atoms with Crippen LogP contribution in [0.4, 0.5) is 5.69 Å². The van der Waals surface area contributed by atoms with Crippen molar-refractivity contribution in [3.8, 4) is 5.75 Å². The van der Waals surface area contributed by atoms with E-state index >= 15 is 0 Å². The highest BCUT2D eigenvalue weighted by atomic mass is 35.5. The number of benzene rings is 2. The number of sulfonamides is 1. The van der Waals surface area contributed by atoms with Gasteiger partial charge in [0.1, 0.15) is 18.3 Å². The lowest BCUT2D eigenvalue weighted by atomic mass is 10.1. The first-order valence-corrected chi connectivity index (χ1v) is 14.6. The second-order valence-corrected chi connectivity index (χ2v) is 12.1. The zero-order chi connectivity index (χ0) is 27.9. The first-order chi connectivity index (χ1) is 17.3. The van der Waals surface area contributed by atoms with Gasteiger partial charge in [-0.3, -0.25) is 13.9 Å². The second-order valence-electron chi connectivity index (χ2n) is 8.92. The fourth-order valence-corrected chi connectivity index (χ4v) is 4.96. The van der Waals surface area contributed by atoms with Gasteiger partial charge in [0.25, 0.3) is 0 Å². The Morgan fingerprint density at radius 3 is 2.27 bits per heavy atom. The van der Waals surface area contributed by atoms with Crippen molar-refractivity contribution in [1.82, 2.24) is 10.2 Å². The van der Waals surface area contributed by atoms with E-state index in [-0.39, 0.29) is 34.8 Å². The molecule has 1 atom stereocenters. The Kier molecular flexibility index (Phi) is 11.4. The number of nitrogens with zero attached hydrogens (tertiary/aromatic N) is 2. The van der Waals surface area contributed by atoms with Crippen LogP contribution in [0.1, 0.15) is 32.8 Å². The topological polar surface area (TPSA) is 96.0 Å². The molecule has 0 aliphatic carbocycles. The zero-order valence-corrected chi connectivity index (χ0v) is 24.5. The first kappa shape index (κ1) is 31.0. The smallest absolute Gasteiger partial charge is 0.244 e. The molecule has 0 heterocycles. The average Bonchev–Trinajstić information content (AvgIpc) is 2.82. The number of rotatable bonds is 12. The number of halogens is 3. The standard InChI is InChI=1S/C25H32Cl3N3O5S/c1-6-21(25(33)29-13-16(2)3)30(14-17-7-9-19(27)20(28)11-17)24(32)15-31(37(5,34)35)22-12-18(26)8-10-23(22)36-4/h7-12,16,21H,6,13-15H2,1-5H3,(H,29,33)/t21-/m1/s1. The molecule has 0 bridgehead atoms. The molecule has 2 aromatic rings. The van der Waals surface area contributed by atoms with E-state index in [4.69, 9.17) is 39.5 Å². The van der Waals surface area contributed by atoms with E-state index in [2.05, 4.69) is 5.32 Å². The third kappa shape index (κ3) is 8.67. The Balaban J connectivity index is 2.52. The van der Waals surface area contributed by atoms with Gasteiger partial charge in [-0.1, -0.05) is 61.6 Å². The van der Waals surface area contributed by atoms with E-state index in [1.54, 1.807) is 31.2 Å². The van der Waals surface area contributed by atoms with Gasteiger partial charge in [0, 0.05) is 18.1 Å². The van der Waals surface area contributed by atoms with Crippen LogP contribution < -0.4 is 14.4 Å². The largest absolute Gasteiger partial charge is 0.495 e. The highest BCUT2D eigenvalue weighted by Gasteiger charge is 2.32. The summed E-state index contributed by atoms with van der Waals surface area (Å²) in [6.07, 6.45) is 1.28. The number of carbonyl (C=O) groups excluding carboxylic acids is 2. The van der Waals surface area contributed by atoms with Crippen LogP contribution in [0.15, 0.2) is 36.4 Å². The molecule has 0 spiro atoms. The second kappa shape index (κ2) is 13.6. The van der Waals surface area contributed by atoms with E-state index in [0.29, 0.717) is 28.6 Å². The molecule has 0 radical (unpaired) electrons. The number of carbonyl (C=O) groups is 2. The van der Waals surface area contributed by atoms with Crippen molar-refractivity contribution < 1.29 is 22.7 Å². The molecule has 0 aliphatic rings. The van der Waals surface area contributed by atoms with E-state index in [0.717, 1.165) is 10.6 Å². The van der Waals surface area contributed by atoms with E-state index in [1.807, 2.05) is 13.8 Å². The van der Waals surface area contributed by atoms with Crippen molar-refractivity contribution in [1.29, 1.82) is 0 Å². The van der Waals surface area contributed by atoms with E-state index in [9.17, 15) is 18.0 Å². The molecule has 0 saturated heterocycles. The summed E-state index contributed by atoms with van der Waals surface area (Å²) in [7, 11) is -2.56. The van der Waals surface area contributed by atoms with Crippen molar-refractivity contribution in [2.24, 2.45) is 5.92 Å². The Morgan fingerprint density at radius 1 is 1.05 bits per heavy atom. The van der Waals surface area contributed by atoms with Gasteiger partial charge in [-0.15, -0.1) is 0 Å². The van der Waals surface area contributed by atoms with E-state index in [1.165, 1.54) is 24.1 Å². The highest BCUT2D eigenvalue weighted by molar-refractivity contribution is 7.92. The number of methoxy groups -OCH3 is 1. The lowest BCUT2D eigenvalue weighted by molar-refractivity contribution is -0.140. The summed E-state index contributed by atoms with van der Waals surface area (Å²) in [5.74, 6) is -0.502. The third-order valence-electron chi connectivity index (χ3n) is 5.50. The van der Waals surface area contributed by atoms with Crippen molar-refractivity contribution in [2.45, 2.75) is 39.8 Å². The molecule has 37 heavy (non-hydrogen) atoms. The Bertz CT molecular complexity index is 1220. The molecule has 2 aromatic carbocycles. The Morgan fingerprint density at radius 2 is 1.73 bits per heavy atom. The molecule has 0 aliphatic heterocycles. The van der Waals surface area contributed by atoms with Crippen LogP contribution in [0, 0.1) is 5.92 Å². The van der Waals surface area contributed by atoms with Crippen LogP contribution >= 0.6 is 34.8 Å². The molecule has 2 rings (SSSR count). The van der Waals surface area contributed by atoms with Gasteiger partial charge in [-0.2, -0.15) is 0 Å². The van der Waals surface area contributed by atoms with Crippen molar-refractivity contribution >= 4 is 62.3 Å². The maximum atomic E-state index is 13.8. The minimum absolute atomic E-state index is 0.00755. The van der Waals surface area contributed by atoms with Crippen LogP contribution in [0.2, 0.25) is 15.1 Å². The van der Waals surface area contributed by atoms with Crippen LogP contribution in [-0.2, 0) is 26.2 Å². The normalized spacial score (nSPS) is 12.2. The number of ether oxygens (including phenoxy) is 1. The SMILES string of the molecule is CC[C@H](C(=O)NCC(C)C)N(Cc1ccc(Cl)c(Cl)c1)C(=O)CN(c1cc(Cl)ccc1OC)S(C)(=O)=O. The molecule has 204 valence electrons. The minimum Gasteiger partial charge on any atom is -0.495 e. The molecule has 12 heteroatoms. The minimum atomic E-state index is -3.95. The summed E-state index contributed by atoms with van der Waals surface area (Å²) in [5, 5.41) is 3.78. The number of nitrogens with one attached hydrogen (secondary N) is 1. The predicted molar refractivity (Wildman–Crippen MR) is 149 cm³/mol.